The van der Waals surface area contributed by atoms with Gasteiger partial charge in [0.1, 0.15) is 0 Å². The fourth-order valence-electron chi connectivity index (χ4n) is 3.11. The molecule has 0 aliphatic carbocycles. The lowest BCUT2D eigenvalue weighted by Crippen LogP contribution is -2.37. The second-order valence-electron chi connectivity index (χ2n) is 6.87. The molecule has 0 unspecified atom stereocenters. The molecular formula is C22H20N2O5S. The van der Waals surface area contributed by atoms with Crippen molar-refractivity contribution in [1.29, 1.82) is 0 Å². The van der Waals surface area contributed by atoms with Crippen molar-refractivity contribution >= 4 is 27.3 Å². The van der Waals surface area contributed by atoms with Gasteiger partial charge in [-0.05, 0) is 62.2 Å². The van der Waals surface area contributed by atoms with Crippen LogP contribution in [-0.4, -0.2) is 19.2 Å². The van der Waals surface area contributed by atoms with Crippen molar-refractivity contribution in [3.05, 3.63) is 99.1 Å². The Kier molecular flexibility index (Phi) is 5.71. The molecule has 0 atom stereocenters. The van der Waals surface area contributed by atoms with Crippen molar-refractivity contribution in [3.8, 4) is 0 Å². The van der Waals surface area contributed by atoms with Crippen LogP contribution in [0.5, 0.6) is 0 Å². The molecule has 3 aromatic carbocycles. The topological polar surface area (TPSA) is 97.6 Å². The molecule has 0 bridgehead atoms. The maximum atomic E-state index is 13.5. The van der Waals surface area contributed by atoms with Crippen LogP contribution in [0.1, 0.15) is 27.0 Å². The highest BCUT2D eigenvalue weighted by Crippen LogP contribution is 2.31. The second-order valence-corrected chi connectivity index (χ2v) is 8.65. The summed E-state index contributed by atoms with van der Waals surface area (Å²) >= 11 is 0. The molecule has 0 aromatic heterocycles. The van der Waals surface area contributed by atoms with Crippen molar-refractivity contribution < 1.29 is 18.1 Å². The Labute approximate surface area is 174 Å². The molecule has 0 saturated carbocycles. The molecular weight excluding hydrogens is 404 g/mol. The van der Waals surface area contributed by atoms with Gasteiger partial charge in [-0.15, -0.1) is 0 Å². The number of aryl methyl sites for hydroxylation is 2. The van der Waals surface area contributed by atoms with Crippen LogP contribution in [-0.2, 0) is 10.0 Å². The number of hydrogen-bond acceptors (Lipinski definition) is 5. The van der Waals surface area contributed by atoms with Crippen molar-refractivity contribution in [2.24, 2.45) is 0 Å². The normalized spacial score (nSPS) is 11.2. The Hall–Kier alpha value is -3.52. The van der Waals surface area contributed by atoms with Crippen molar-refractivity contribution in [2.75, 3.05) is 4.31 Å². The number of sulfonamides is 1. The van der Waals surface area contributed by atoms with E-state index >= 15 is 0 Å². The van der Waals surface area contributed by atoms with Crippen molar-refractivity contribution in [1.82, 2.24) is 0 Å². The van der Waals surface area contributed by atoms with Gasteiger partial charge in [-0.1, -0.05) is 30.3 Å². The van der Waals surface area contributed by atoms with Crippen LogP contribution >= 0.6 is 0 Å². The Bertz CT molecular complexity index is 1240. The van der Waals surface area contributed by atoms with Crippen LogP contribution in [0.15, 0.2) is 71.6 Å². The third-order valence-corrected chi connectivity index (χ3v) is 6.61. The molecule has 1 amide bonds. The van der Waals surface area contributed by atoms with Gasteiger partial charge in [0.05, 0.1) is 15.5 Å². The molecule has 0 aliphatic rings. The molecule has 0 N–H and O–H groups in total. The number of hydrogen-bond donors (Lipinski definition) is 0. The van der Waals surface area contributed by atoms with Gasteiger partial charge in [-0.25, -0.2) is 8.42 Å². The number of rotatable bonds is 5. The molecule has 7 nitrogen and oxygen atoms in total. The Morgan fingerprint density at radius 3 is 2.17 bits per heavy atom. The molecule has 0 spiro atoms. The summed E-state index contributed by atoms with van der Waals surface area (Å²) in [4.78, 5) is 24.0. The fourth-order valence-corrected chi connectivity index (χ4v) is 4.60. The molecule has 0 radical (unpaired) electrons. The van der Waals surface area contributed by atoms with E-state index in [1.807, 2.05) is 13.0 Å². The molecule has 3 rings (SSSR count). The largest absolute Gasteiger partial charge is 0.272 e. The van der Waals surface area contributed by atoms with E-state index in [1.54, 1.807) is 37.3 Å². The van der Waals surface area contributed by atoms with Crippen LogP contribution in [0.4, 0.5) is 11.4 Å². The monoisotopic (exact) mass is 424 g/mol. The van der Waals surface area contributed by atoms with Gasteiger partial charge in [0.2, 0.25) is 0 Å². The van der Waals surface area contributed by atoms with E-state index in [2.05, 4.69) is 0 Å². The van der Waals surface area contributed by atoms with E-state index in [4.69, 9.17) is 0 Å². The zero-order chi connectivity index (χ0) is 22.1. The van der Waals surface area contributed by atoms with E-state index < -0.39 is 20.9 Å². The van der Waals surface area contributed by atoms with Crippen LogP contribution < -0.4 is 4.31 Å². The standard InChI is InChI=1S/C22H20N2O5S/c1-15-8-7-11-21(17(15)3)23(30(28,29)19-9-5-4-6-10-19)22(25)18-12-13-20(24(26)27)16(2)14-18/h4-14H,1-3H3. The summed E-state index contributed by atoms with van der Waals surface area (Å²) in [5, 5.41) is 11.1. The number of nitrogens with zero attached hydrogens (tertiary/aromatic N) is 2. The summed E-state index contributed by atoms with van der Waals surface area (Å²) in [5.74, 6) is -0.787. The van der Waals surface area contributed by atoms with E-state index in [1.165, 1.54) is 37.3 Å². The maximum absolute atomic E-state index is 13.5. The first kappa shape index (κ1) is 21.2. The fraction of sp³-hybridized carbons (Fsp3) is 0.136. The van der Waals surface area contributed by atoms with E-state index in [9.17, 15) is 23.3 Å². The highest BCUT2D eigenvalue weighted by molar-refractivity contribution is 7.93. The number of amides is 1. The van der Waals surface area contributed by atoms with E-state index in [0.29, 0.717) is 5.56 Å². The number of carbonyl (C=O) groups excluding carboxylic acids is 1. The van der Waals surface area contributed by atoms with Crippen molar-refractivity contribution in [2.45, 2.75) is 25.7 Å². The molecule has 8 heteroatoms. The molecule has 30 heavy (non-hydrogen) atoms. The molecule has 3 aromatic rings. The van der Waals surface area contributed by atoms with Gasteiger partial charge in [-0.3, -0.25) is 14.9 Å². The quantitative estimate of drug-likeness (QED) is 0.442. The molecule has 154 valence electrons. The van der Waals surface area contributed by atoms with Crippen molar-refractivity contribution in [3.63, 3.8) is 0 Å². The number of carbonyl (C=O) groups is 1. The minimum absolute atomic E-state index is 0.0297. The summed E-state index contributed by atoms with van der Waals surface area (Å²) in [6.45, 7) is 5.07. The summed E-state index contributed by atoms with van der Waals surface area (Å²) in [6, 6.07) is 16.6. The summed E-state index contributed by atoms with van der Waals surface area (Å²) in [5.41, 5.74) is 1.87. The minimum Gasteiger partial charge on any atom is -0.268 e. The summed E-state index contributed by atoms with van der Waals surface area (Å²) in [7, 11) is -4.23. The van der Waals surface area contributed by atoms with Crippen LogP contribution in [0, 0.1) is 30.9 Å². The Balaban J connectivity index is 2.22. The predicted molar refractivity (Wildman–Crippen MR) is 114 cm³/mol. The number of nitro benzene ring substituents is 1. The number of benzene rings is 3. The maximum Gasteiger partial charge on any atom is 0.272 e. The highest BCUT2D eigenvalue weighted by atomic mass is 32.2. The zero-order valence-electron chi connectivity index (χ0n) is 16.7. The van der Waals surface area contributed by atoms with E-state index in [0.717, 1.165) is 9.87 Å². The lowest BCUT2D eigenvalue weighted by Gasteiger charge is -2.25. The van der Waals surface area contributed by atoms with Gasteiger partial charge in [-0.2, -0.15) is 4.31 Å². The van der Waals surface area contributed by atoms with E-state index in [-0.39, 0.29) is 27.4 Å². The highest BCUT2D eigenvalue weighted by Gasteiger charge is 2.33. The van der Waals surface area contributed by atoms with Gasteiger partial charge in [0, 0.05) is 17.2 Å². The lowest BCUT2D eigenvalue weighted by molar-refractivity contribution is -0.385. The molecule has 0 saturated heterocycles. The minimum atomic E-state index is -4.23. The third-order valence-electron chi connectivity index (χ3n) is 4.90. The zero-order valence-corrected chi connectivity index (χ0v) is 17.5. The summed E-state index contributed by atoms with van der Waals surface area (Å²) < 4.78 is 27.7. The van der Waals surface area contributed by atoms with Gasteiger partial charge in [0.25, 0.3) is 21.6 Å². The molecule has 0 heterocycles. The Morgan fingerprint density at radius 2 is 1.57 bits per heavy atom. The Morgan fingerprint density at radius 1 is 0.900 bits per heavy atom. The number of nitro groups is 1. The molecule has 0 fully saturated rings. The first-order valence-electron chi connectivity index (χ1n) is 9.10. The number of anilines is 1. The smallest absolute Gasteiger partial charge is 0.268 e. The van der Waals surface area contributed by atoms with Gasteiger partial charge in [0.15, 0.2) is 0 Å². The molecule has 0 aliphatic heterocycles. The first-order valence-corrected chi connectivity index (χ1v) is 10.5. The average molecular weight is 424 g/mol. The second kappa shape index (κ2) is 8.08. The van der Waals surface area contributed by atoms with Crippen LogP contribution in [0.25, 0.3) is 0 Å². The predicted octanol–water partition coefficient (Wildman–Crippen LogP) is 4.56. The van der Waals surface area contributed by atoms with Gasteiger partial charge < -0.3 is 0 Å². The summed E-state index contributed by atoms with van der Waals surface area (Å²) in [6.07, 6.45) is 0. The SMILES string of the molecule is Cc1cc(C(=O)N(c2cccc(C)c2C)S(=O)(=O)c2ccccc2)ccc1[N+](=O)[O-]. The average Bonchev–Trinajstić information content (AvgIpc) is 2.71. The van der Waals surface area contributed by atoms with Crippen LogP contribution in [0.2, 0.25) is 0 Å². The van der Waals surface area contributed by atoms with Gasteiger partial charge >= 0.3 is 0 Å². The first-order chi connectivity index (χ1) is 14.1. The van der Waals surface area contributed by atoms with Crippen LogP contribution in [0.3, 0.4) is 0 Å². The third kappa shape index (κ3) is 3.81. The lowest BCUT2D eigenvalue weighted by atomic mass is 10.1.